The highest BCUT2D eigenvalue weighted by Crippen LogP contribution is 2.47. The van der Waals surface area contributed by atoms with Crippen LogP contribution in [-0.2, 0) is 4.57 Å². The van der Waals surface area contributed by atoms with Crippen LogP contribution < -0.4 is 10.6 Å². The van der Waals surface area contributed by atoms with E-state index in [1.54, 1.807) is 42.5 Å². The second-order valence-electron chi connectivity index (χ2n) is 5.56. The second-order valence-corrected chi connectivity index (χ2v) is 7.94. The molecule has 0 saturated carbocycles. The molecule has 0 aromatic heterocycles. The van der Waals surface area contributed by atoms with Gasteiger partial charge in [-0.15, -0.1) is 0 Å². The van der Waals surface area contributed by atoms with Crippen LogP contribution in [0.4, 0.5) is 13.2 Å². The minimum absolute atomic E-state index is 0.118. The fourth-order valence-electron chi connectivity index (χ4n) is 2.54. The highest BCUT2D eigenvalue weighted by Gasteiger charge is 2.40. The van der Waals surface area contributed by atoms with E-state index in [0.29, 0.717) is 0 Å². The number of hydrogen-bond acceptors (Lipinski definition) is 1. The molecule has 6 heteroatoms. The summed E-state index contributed by atoms with van der Waals surface area (Å²) < 4.78 is 58.7. The fourth-order valence-corrected chi connectivity index (χ4v) is 4.73. The van der Waals surface area contributed by atoms with Gasteiger partial charge in [-0.3, -0.25) is 4.57 Å². The van der Waals surface area contributed by atoms with E-state index in [0.717, 1.165) is 0 Å². The molecule has 0 N–H and O–H groups in total. The monoisotopic (exact) mass is 373 g/mol. The fraction of sp³-hybridized carbons (Fsp3) is 0.0500. The molecule has 0 aliphatic heterocycles. The average Bonchev–Trinajstić information content (AvgIpc) is 2.67. The highest BCUT2D eigenvalue weighted by atomic mass is 31.2. The Balaban J connectivity index is 2.28. The van der Waals surface area contributed by atoms with Crippen LogP contribution >= 0.6 is 7.29 Å². The van der Waals surface area contributed by atoms with Crippen molar-refractivity contribution in [2.45, 2.75) is 6.18 Å². The lowest BCUT2D eigenvalue weighted by Gasteiger charge is -2.18. The molecule has 0 radical (unpaired) electrons. The van der Waals surface area contributed by atoms with Gasteiger partial charge in [0, 0.05) is 16.2 Å². The van der Waals surface area contributed by atoms with E-state index in [1.807, 2.05) is 0 Å². The molecule has 3 aromatic carbocycles. The summed E-state index contributed by atoms with van der Waals surface area (Å²) in [6.07, 6.45) is -4.74. The first-order valence-electron chi connectivity index (χ1n) is 7.85. The van der Waals surface area contributed by atoms with Crippen molar-refractivity contribution in [3.8, 4) is 0 Å². The maximum Gasteiger partial charge on any atom is 0.433 e. The Labute approximate surface area is 149 Å². The molecule has 0 aliphatic carbocycles. The molecule has 0 aliphatic rings. The molecule has 0 saturated heterocycles. The molecule has 3 aromatic rings. The lowest BCUT2D eigenvalue weighted by molar-refractivity contribution is -0.0578. The number of benzene rings is 3. The molecule has 0 heterocycles. The molecule has 0 amide bonds. The summed E-state index contributed by atoms with van der Waals surface area (Å²) in [4.78, 5) is 0. The van der Waals surface area contributed by atoms with Gasteiger partial charge in [-0.05, 0) is 24.3 Å². The van der Waals surface area contributed by atoms with Crippen LogP contribution in [-0.4, -0.2) is 11.9 Å². The summed E-state index contributed by atoms with van der Waals surface area (Å²) in [5.41, 5.74) is -1.26. The summed E-state index contributed by atoms with van der Waals surface area (Å²) in [5, 5.41) is 0.507. The first kappa shape index (κ1) is 18.2. The molecular weight excluding hydrogens is 358 g/mol. The van der Waals surface area contributed by atoms with Gasteiger partial charge in [0.25, 0.3) is 0 Å². The molecule has 0 fully saturated rings. The first-order valence-corrected chi connectivity index (χ1v) is 9.51. The van der Waals surface area contributed by atoms with Gasteiger partial charge in [-0.1, -0.05) is 66.7 Å². The Bertz CT molecular complexity index is 896. The van der Waals surface area contributed by atoms with Crippen LogP contribution in [0.3, 0.4) is 0 Å². The second kappa shape index (κ2) is 7.30. The van der Waals surface area contributed by atoms with E-state index in [-0.39, 0.29) is 16.2 Å². The van der Waals surface area contributed by atoms with Crippen molar-refractivity contribution in [1.29, 1.82) is 0 Å². The van der Waals surface area contributed by atoms with Crippen LogP contribution in [0, 0.1) is 0 Å². The number of hydrogen-bond donors (Lipinski definition) is 0. The third kappa shape index (κ3) is 3.78. The summed E-state index contributed by atoms with van der Waals surface area (Å²) in [5.74, 6) is 0. The van der Waals surface area contributed by atoms with E-state index in [2.05, 4.69) is 4.76 Å². The van der Waals surface area contributed by atoms with Crippen LogP contribution in [0.25, 0.3) is 0 Å². The molecule has 26 heavy (non-hydrogen) atoms. The smallest absolute Gasteiger partial charge is 0.288 e. The van der Waals surface area contributed by atoms with Crippen molar-refractivity contribution in [3.05, 3.63) is 96.6 Å². The summed E-state index contributed by atoms with van der Waals surface area (Å²) in [7, 11) is -3.87. The van der Waals surface area contributed by atoms with Crippen molar-refractivity contribution in [2.24, 2.45) is 4.76 Å². The van der Waals surface area contributed by atoms with E-state index >= 15 is 0 Å². The SMILES string of the molecule is O=P(/N=C(\c1ccccc1)C(F)(F)F)(c1ccccc1)c1ccccc1. The van der Waals surface area contributed by atoms with Crippen LogP contribution in [0.1, 0.15) is 5.56 Å². The standard InChI is InChI=1S/C20H15F3NOP/c21-20(22,23)19(16-10-4-1-5-11-16)24-26(25,17-12-6-2-7-13-17)18-14-8-3-9-15-18/h1-15H/b24-19+. The predicted octanol–water partition coefficient (Wildman–Crippen LogP) is 4.97. The van der Waals surface area contributed by atoms with E-state index in [1.165, 1.54) is 48.5 Å². The molecule has 2 nitrogen and oxygen atoms in total. The topological polar surface area (TPSA) is 29.4 Å². The van der Waals surface area contributed by atoms with Gasteiger partial charge in [0.05, 0.1) is 0 Å². The number of nitrogens with zero attached hydrogens (tertiary/aromatic N) is 1. The van der Waals surface area contributed by atoms with Crippen LogP contribution in [0.2, 0.25) is 0 Å². The lowest BCUT2D eigenvalue weighted by Crippen LogP contribution is -2.26. The summed E-state index contributed by atoms with van der Waals surface area (Å²) in [6, 6.07) is 23.3. The Morgan fingerprint density at radius 3 is 1.46 bits per heavy atom. The first-order chi connectivity index (χ1) is 12.4. The number of alkyl halides is 3. The maximum absolute atomic E-state index is 13.8. The lowest BCUT2D eigenvalue weighted by atomic mass is 10.1. The zero-order valence-electron chi connectivity index (χ0n) is 13.6. The summed E-state index contributed by atoms with van der Waals surface area (Å²) >= 11 is 0. The molecular formula is C20H15F3NOP. The van der Waals surface area contributed by atoms with Gasteiger partial charge in [0.1, 0.15) is 0 Å². The average molecular weight is 373 g/mol. The number of halogens is 3. The Hall–Kier alpha value is -2.65. The van der Waals surface area contributed by atoms with E-state index in [9.17, 15) is 17.7 Å². The van der Waals surface area contributed by atoms with Gasteiger partial charge in [0.2, 0.25) is 7.29 Å². The quantitative estimate of drug-likeness (QED) is 0.469. The largest absolute Gasteiger partial charge is 0.433 e. The third-order valence-corrected chi connectivity index (χ3v) is 6.25. The van der Waals surface area contributed by atoms with Crippen molar-refractivity contribution in [2.75, 3.05) is 0 Å². The minimum Gasteiger partial charge on any atom is -0.288 e. The Morgan fingerprint density at radius 2 is 1.08 bits per heavy atom. The van der Waals surface area contributed by atoms with Gasteiger partial charge < -0.3 is 0 Å². The molecule has 132 valence electrons. The molecule has 0 unspecified atom stereocenters. The summed E-state index contributed by atoms with van der Waals surface area (Å²) in [6.45, 7) is 0. The molecule has 0 bridgehead atoms. The normalized spacial score (nSPS) is 12.8. The zero-order chi connectivity index (χ0) is 18.6. The Morgan fingerprint density at radius 1 is 0.692 bits per heavy atom. The van der Waals surface area contributed by atoms with Gasteiger partial charge in [-0.2, -0.15) is 13.2 Å². The van der Waals surface area contributed by atoms with Crippen molar-refractivity contribution < 1.29 is 17.7 Å². The minimum atomic E-state index is -4.74. The highest BCUT2D eigenvalue weighted by molar-refractivity contribution is 7.77. The van der Waals surface area contributed by atoms with Crippen LogP contribution in [0.5, 0.6) is 0 Å². The van der Waals surface area contributed by atoms with E-state index < -0.39 is 19.2 Å². The van der Waals surface area contributed by atoms with Gasteiger partial charge in [-0.25, -0.2) is 4.76 Å². The molecule has 0 atom stereocenters. The van der Waals surface area contributed by atoms with E-state index in [4.69, 9.17) is 0 Å². The Kier molecular flexibility index (Phi) is 5.10. The van der Waals surface area contributed by atoms with Crippen molar-refractivity contribution in [1.82, 2.24) is 0 Å². The molecule has 3 rings (SSSR count). The van der Waals surface area contributed by atoms with Crippen LogP contribution in [0.15, 0.2) is 95.8 Å². The maximum atomic E-state index is 13.8. The van der Waals surface area contributed by atoms with Crippen molar-refractivity contribution >= 4 is 23.6 Å². The van der Waals surface area contributed by atoms with Gasteiger partial charge >= 0.3 is 6.18 Å². The van der Waals surface area contributed by atoms with Gasteiger partial charge in [0.15, 0.2) is 5.71 Å². The third-order valence-electron chi connectivity index (χ3n) is 3.77. The number of rotatable bonds is 4. The predicted molar refractivity (Wildman–Crippen MR) is 98.8 cm³/mol. The van der Waals surface area contributed by atoms with Crippen molar-refractivity contribution in [3.63, 3.8) is 0 Å². The molecule has 0 spiro atoms. The zero-order valence-corrected chi connectivity index (χ0v) is 14.5.